The number of fused-ring (bicyclic) bond motifs is 1. The van der Waals surface area contributed by atoms with Crippen LogP contribution in [0.15, 0.2) is 36.4 Å². The molecule has 0 radical (unpaired) electrons. The highest BCUT2D eigenvalue weighted by Gasteiger charge is 2.13. The minimum absolute atomic E-state index is 0.0473. The predicted octanol–water partition coefficient (Wildman–Crippen LogP) is 1.33. The number of nitro benzene ring substituents is 1. The number of carbonyl (C=O) groups is 1. The highest BCUT2D eigenvalue weighted by atomic mass is 16.6. The SMILES string of the molecule is O=C(O)Cc1nnc2ccc(-c3cccc([N+](=O)[O-])c3)nn12. The van der Waals surface area contributed by atoms with Crippen LogP contribution in [-0.4, -0.2) is 35.8 Å². The van der Waals surface area contributed by atoms with Gasteiger partial charge in [-0.1, -0.05) is 12.1 Å². The normalized spacial score (nSPS) is 10.7. The van der Waals surface area contributed by atoms with E-state index in [9.17, 15) is 14.9 Å². The van der Waals surface area contributed by atoms with Crippen LogP contribution in [0, 0.1) is 10.1 Å². The van der Waals surface area contributed by atoms with Gasteiger partial charge in [0.2, 0.25) is 0 Å². The van der Waals surface area contributed by atoms with Crippen LogP contribution in [0.3, 0.4) is 0 Å². The van der Waals surface area contributed by atoms with Gasteiger partial charge in [0.05, 0.1) is 10.6 Å². The summed E-state index contributed by atoms with van der Waals surface area (Å²) in [6.07, 6.45) is -0.313. The lowest BCUT2D eigenvalue weighted by Gasteiger charge is -2.02. The van der Waals surface area contributed by atoms with Crippen molar-refractivity contribution in [2.45, 2.75) is 6.42 Å². The van der Waals surface area contributed by atoms with Gasteiger partial charge in [0.25, 0.3) is 5.69 Å². The molecule has 0 spiro atoms. The Morgan fingerprint density at radius 3 is 2.82 bits per heavy atom. The third-order valence-corrected chi connectivity index (χ3v) is 2.99. The molecule has 22 heavy (non-hydrogen) atoms. The summed E-state index contributed by atoms with van der Waals surface area (Å²) in [5, 5.41) is 31.5. The van der Waals surface area contributed by atoms with Crippen LogP contribution < -0.4 is 0 Å². The van der Waals surface area contributed by atoms with Crippen molar-refractivity contribution in [3.05, 3.63) is 52.3 Å². The smallest absolute Gasteiger partial charge is 0.311 e. The van der Waals surface area contributed by atoms with Gasteiger partial charge in [0.15, 0.2) is 11.5 Å². The summed E-state index contributed by atoms with van der Waals surface area (Å²) < 4.78 is 1.32. The van der Waals surface area contributed by atoms with E-state index in [1.807, 2.05) is 0 Å². The number of nitro groups is 1. The monoisotopic (exact) mass is 299 g/mol. The van der Waals surface area contributed by atoms with Crippen molar-refractivity contribution in [2.24, 2.45) is 0 Å². The average Bonchev–Trinajstić information content (AvgIpc) is 2.89. The topological polar surface area (TPSA) is 124 Å². The molecule has 9 heteroatoms. The third-order valence-electron chi connectivity index (χ3n) is 2.99. The zero-order valence-corrected chi connectivity index (χ0v) is 11.1. The summed E-state index contributed by atoms with van der Waals surface area (Å²) in [7, 11) is 0. The fourth-order valence-electron chi connectivity index (χ4n) is 2.01. The average molecular weight is 299 g/mol. The van der Waals surface area contributed by atoms with Crippen LogP contribution in [-0.2, 0) is 11.2 Å². The van der Waals surface area contributed by atoms with Gasteiger partial charge in [-0.2, -0.15) is 9.61 Å². The number of aliphatic carboxylic acids is 1. The first-order chi connectivity index (χ1) is 10.5. The van der Waals surface area contributed by atoms with E-state index in [4.69, 9.17) is 5.11 Å². The van der Waals surface area contributed by atoms with Gasteiger partial charge < -0.3 is 5.11 Å². The zero-order valence-electron chi connectivity index (χ0n) is 11.1. The van der Waals surface area contributed by atoms with Crippen LogP contribution in [0.5, 0.6) is 0 Å². The van der Waals surface area contributed by atoms with Crippen molar-refractivity contribution in [1.82, 2.24) is 19.8 Å². The van der Waals surface area contributed by atoms with Crippen molar-refractivity contribution in [1.29, 1.82) is 0 Å². The standard InChI is InChI=1S/C13H9N5O4/c19-13(20)7-12-15-14-11-5-4-10(16-17(11)12)8-2-1-3-9(6-8)18(21)22/h1-6H,7H2,(H,19,20). The Morgan fingerprint density at radius 1 is 1.27 bits per heavy atom. The van der Waals surface area contributed by atoms with Gasteiger partial charge in [-0.05, 0) is 12.1 Å². The number of benzene rings is 1. The fraction of sp³-hybridized carbons (Fsp3) is 0.0769. The first-order valence-electron chi connectivity index (χ1n) is 6.22. The lowest BCUT2D eigenvalue weighted by Crippen LogP contribution is -2.07. The van der Waals surface area contributed by atoms with E-state index < -0.39 is 10.9 Å². The maximum atomic E-state index is 10.8. The molecule has 0 aliphatic rings. The summed E-state index contributed by atoms with van der Waals surface area (Å²) >= 11 is 0. The van der Waals surface area contributed by atoms with E-state index >= 15 is 0 Å². The molecule has 0 bridgehead atoms. The summed E-state index contributed by atoms with van der Waals surface area (Å²) in [5.41, 5.74) is 1.37. The predicted molar refractivity (Wildman–Crippen MR) is 74.2 cm³/mol. The fourth-order valence-corrected chi connectivity index (χ4v) is 2.01. The first-order valence-corrected chi connectivity index (χ1v) is 6.22. The summed E-state index contributed by atoms with van der Waals surface area (Å²) in [4.78, 5) is 21.1. The van der Waals surface area contributed by atoms with E-state index in [1.165, 1.54) is 16.6 Å². The lowest BCUT2D eigenvalue weighted by atomic mass is 10.1. The third kappa shape index (κ3) is 2.46. The Kier molecular flexibility index (Phi) is 3.22. The largest absolute Gasteiger partial charge is 0.481 e. The van der Waals surface area contributed by atoms with Crippen molar-refractivity contribution in [3.8, 4) is 11.3 Å². The molecular weight excluding hydrogens is 290 g/mol. The van der Waals surface area contributed by atoms with Gasteiger partial charge >= 0.3 is 5.97 Å². The number of hydrogen-bond acceptors (Lipinski definition) is 6. The van der Waals surface area contributed by atoms with E-state index in [0.29, 0.717) is 16.9 Å². The maximum absolute atomic E-state index is 10.8. The number of hydrogen-bond donors (Lipinski definition) is 1. The maximum Gasteiger partial charge on any atom is 0.311 e. The Labute approximate surface area is 123 Å². The second-order valence-electron chi connectivity index (χ2n) is 4.48. The summed E-state index contributed by atoms with van der Waals surface area (Å²) in [5.74, 6) is -0.855. The summed E-state index contributed by atoms with van der Waals surface area (Å²) in [6.45, 7) is 0. The van der Waals surface area contributed by atoms with Crippen LogP contribution in [0.2, 0.25) is 0 Å². The van der Waals surface area contributed by atoms with Gasteiger partial charge in [-0.3, -0.25) is 14.9 Å². The summed E-state index contributed by atoms with van der Waals surface area (Å²) in [6, 6.07) is 9.30. The van der Waals surface area contributed by atoms with Crippen LogP contribution >= 0.6 is 0 Å². The highest BCUT2D eigenvalue weighted by Crippen LogP contribution is 2.22. The number of nitrogens with zero attached hydrogens (tertiary/aromatic N) is 5. The molecule has 2 aromatic heterocycles. The molecule has 3 rings (SSSR count). The minimum Gasteiger partial charge on any atom is -0.481 e. The number of non-ortho nitro benzene ring substituents is 1. The van der Waals surface area contributed by atoms with Gasteiger partial charge in [0, 0.05) is 17.7 Å². The molecule has 3 aromatic rings. The van der Waals surface area contributed by atoms with E-state index in [0.717, 1.165) is 0 Å². The molecular formula is C13H9N5O4. The van der Waals surface area contributed by atoms with Crippen LogP contribution in [0.25, 0.3) is 16.9 Å². The number of carboxylic acids is 1. The van der Waals surface area contributed by atoms with Gasteiger partial charge in [0.1, 0.15) is 6.42 Å². The molecule has 0 saturated heterocycles. The molecule has 1 aromatic carbocycles. The highest BCUT2D eigenvalue weighted by molar-refractivity contribution is 5.69. The van der Waals surface area contributed by atoms with E-state index in [1.54, 1.807) is 24.3 Å². The minimum atomic E-state index is -1.04. The Hall–Kier alpha value is -3.36. The van der Waals surface area contributed by atoms with E-state index in [-0.39, 0.29) is 17.9 Å². The number of carboxylic acid groups (broad SMARTS) is 1. The van der Waals surface area contributed by atoms with E-state index in [2.05, 4.69) is 15.3 Å². The number of rotatable bonds is 4. The number of aromatic nitrogens is 4. The molecule has 110 valence electrons. The lowest BCUT2D eigenvalue weighted by molar-refractivity contribution is -0.384. The Balaban J connectivity index is 2.09. The van der Waals surface area contributed by atoms with Gasteiger partial charge in [-0.15, -0.1) is 10.2 Å². The molecule has 0 aliphatic heterocycles. The molecule has 0 aliphatic carbocycles. The van der Waals surface area contributed by atoms with Crippen molar-refractivity contribution >= 4 is 17.3 Å². The molecule has 0 unspecified atom stereocenters. The second kappa shape index (κ2) is 5.20. The molecule has 2 heterocycles. The molecule has 0 amide bonds. The van der Waals surface area contributed by atoms with Crippen molar-refractivity contribution in [2.75, 3.05) is 0 Å². The van der Waals surface area contributed by atoms with Crippen LogP contribution in [0.4, 0.5) is 5.69 Å². The Bertz CT molecular complexity index is 889. The molecule has 0 fully saturated rings. The quantitative estimate of drug-likeness (QED) is 0.569. The van der Waals surface area contributed by atoms with Crippen molar-refractivity contribution in [3.63, 3.8) is 0 Å². The molecule has 1 N–H and O–H groups in total. The first kappa shape index (κ1) is 13.6. The van der Waals surface area contributed by atoms with Gasteiger partial charge in [-0.25, -0.2) is 0 Å². The van der Waals surface area contributed by atoms with Crippen LogP contribution in [0.1, 0.15) is 5.82 Å². The molecule has 9 nitrogen and oxygen atoms in total. The Morgan fingerprint density at radius 2 is 2.09 bits per heavy atom. The zero-order chi connectivity index (χ0) is 15.7. The molecule has 0 atom stereocenters. The van der Waals surface area contributed by atoms with Crippen molar-refractivity contribution < 1.29 is 14.8 Å². The molecule has 0 saturated carbocycles. The second-order valence-corrected chi connectivity index (χ2v) is 4.48.